The van der Waals surface area contributed by atoms with Gasteiger partial charge in [0.05, 0.1) is 12.5 Å². The zero-order valence-electron chi connectivity index (χ0n) is 5.40. The Labute approximate surface area is 61.5 Å². The zero-order chi connectivity index (χ0) is 7.68. The van der Waals surface area contributed by atoms with Crippen LogP contribution in [0.5, 0.6) is 0 Å². The first kappa shape index (κ1) is 5.96. The van der Waals surface area contributed by atoms with Crippen LogP contribution >= 0.6 is 0 Å². The Balaban J connectivity index is 2.76. The number of rotatable bonds is 1. The number of fused-ring (bicyclic) bond motifs is 1. The topological polar surface area (TPSA) is 71.5 Å². The van der Waals surface area contributed by atoms with Gasteiger partial charge in [-0.05, 0) is 0 Å². The number of hydrogen-bond acceptors (Lipinski definition) is 4. The van der Waals surface area contributed by atoms with Crippen molar-refractivity contribution < 1.29 is 4.79 Å². The molecule has 11 heavy (non-hydrogen) atoms. The highest BCUT2D eigenvalue weighted by molar-refractivity contribution is 5.75. The lowest BCUT2D eigenvalue weighted by Crippen LogP contribution is -1.91. The van der Waals surface area contributed by atoms with Gasteiger partial charge in [0.15, 0.2) is 5.65 Å². The first-order chi connectivity index (χ1) is 5.40. The maximum atomic E-state index is 10.1. The van der Waals surface area contributed by atoms with Crippen LogP contribution in [0, 0.1) is 0 Å². The van der Waals surface area contributed by atoms with E-state index in [0.29, 0.717) is 11.2 Å². The van der Waals surface area contributed by atoms with E-state index in [1.807, 2.05) is 0 Å². The van der Waals surface area contributed by atoms with Crippen molar-refractivity contribution in [2.24, 2.45) is 0 Å². The number of nitrogens with zero attached hydrogens (tertiary/aromatic N) is 3. The van der Waals surface area contributed by atoms with E-state index in [4.69, 9.17) is 0 Å². The van der Waals surface area contributed by atoms with Gasteiger partial charge in [0, 0.05) is 0 Å². The summed E-state index contributed by atoms with van der Waals surface area (Å²) in [6.07, 6.45) is 4.55. The summed E-state index contributed by atoms with van der Waals surface area (Å²) in [5.41, 5.74) is 1.20. The summed E-state index contributed by atoms with van der Waals surface area (Å²) in [7, 11) is 0. The van der Waals surface area contributed by atoms with E-state index in [1.165, 1.54) is 12.5 Å². The Kier molecular flexibility index (Phi) is 1.15. The summed E-state index contributed by atoms with van der Waals surface area (Å²) in [6.45, 7) is 0. The summed E-state index contributed by atoms with van der Waals surface area (Å²) >= 11 is 0. The van der Waals surface area contributed by atoms with Crippen molar-refractivity contribution in [2.75, 3.05) is 0 Å². The first-order valence-corrected chi connectivity index (χ1v) is 2.94. The molecule has 0 atom stereocenters. The van der Waals surface area contributed by atoms with Gasteiger partial charge in [-0.1, -0.05) is 0 Å². The van der Waals surface area contributed by atoms with Crippen molar-refractivity contribution in [3.8, 4) is 0 Å². The second kappa shape index (κ2) is 2.12. The van der Waals surface area contributed by atoms with Crippen molar-refractivity contribution in [3.63, 3.8) is 0 Å². The average molecular weight is 147 g/mol. The lowest BCUT2D eigenvalue weighted by molar-refractivity contribution is 0.560. The Bertz CT molecular complexity index is 394. The molecule has 0 aliphatic carbocycles. The molecule has 1 radical (unpaired) electrons. The SMILES string of the molecule is O=[C]c1ncc2nc[nH]c2n1. The van der Waals surface area contributed by atoms with Crippen molar-refractivity contribution in [2.45, 2.75) is 0 Å². The molecule has 0 aromatic carbocycles. The predicted octanol–water partition coefficient (Wildman–Crippen LogP) is -0.189. The van der Waals surface area contributed by atoms with E-state index in [2.05, 4.69) is 19.9 Å². The van der Waals surface area contributed by atoms with Gasteiger partial charge in [0.1, 0.15) is 5.52 Å². The minimum atomic E-state index is 0.0433. The van der Waals surface area contributed by atoms with Gasteiger partial charge in [-0.3, -0.25) is 4.79 Å². The molecule has 2 aromatic rings. The van der Waals surface area contributed by atoms with Gasteiger partial charge in [0.2, 0.25) is 5.82 Å². The first-order valence-electron chi connectivity index (χ1n) is 2.94. The molecule has 0 amide bonds. The normalized spacial score (nSPS) is 10.2. The third-order valence-corrected chi connectivity index (χ3v) is 1.27. The molecular weight excluding hydrogens is 144 g/mol. The molecule has 0 spiro atoms. The van der Waals surface area contributed by atoms with E-state index in [0.717, 1.165) is 0 Å². The summed E-state index contributed by atoms with van der Waals surface area (Å²) in [6, 6.07) is 0. The number of nitrogens with one attached hydrogen (secondary N) is 1. The van der Waals surface area contributed by atoms with Crippen molar-refractivity contribution >= 4 is 17.5 Å². The average Bonchev–Trinajstić information content (AvgIpc) is 2.50. The molecule has 2 heterocycles. The number of aromatic amines is 1. The Morgan fingerprint density at radius 2 is 2.36 bits per heavy atom. The molecule has 0 fully saturated rings. The maximum Gasteiger partial charge on any atom is 0.274 e. The largest absolute Gasteiger partial charge is 0.329 e. The smallest absolute Gasteiger partial charge is 0.274 e. The van der Waals surface area contributed by atoms with Gasteiger partial charge in [-0.15, -0.1) is 0 Å². The fourth-order valence-electron chi connectivity index (χ4n) is 0.788. The maximum absolute atomic E-state index is 10.1. The van der Waals surface area contributed by atoms with E-state index in [9.17, 15) is 4.79 Å². The molecule has 1 N–H and O–H groups in total. The van der Waals surface area contributed by atoms with Gasteiger partial charge >= 0.3 is 0 Å². The third kappa shape index (κ3) is 0.861. The van der Waals surface area contributed by atoms with Gasteiger partial charge in [-0.25, -0.2) is 15.0 Å². The number of carbonyl (C=O) groups excluding carboxylic acids is 1. The number of aromatic nitrogens is 4. The molecule has 0 saturated carbocycles. The molecule has 53 valence electrons. The van der Waals surface area contributed by atoms with Crippen LogP contribution in [-0.4, -0.2) is 26.2 Å². The molecule has 0 bridgehead atoms. The van der Waals surface area contributed by atoms with Crippen LogP contribution in [0.15, 0.2) is 12.5 Å². The molecule has 5 heteroatoms. The van der Waals surface area contributed by atoms with Crippen molar-refractivity contribution in [3.05, 3.63) is 18.3 Å². The van der Waals surface area contributed by atoms with Crippen LogP contribution in [0.25, 0.3) is 11.2 Å². The predicted molar refractivity (Wildman–Crippen MR) is 36.5 cm³/mol. The lowest BCUT2D eigenvalue weighted by Gasteiger charge is -1.86. The minimum Gasteiger partial charge on any atom is -0.329 e. The van der Waals surface area contributed by atoms with E-state index >= 15 is 0 Å². The highest BCUT2D eigenvalue weighted by Gasteiger charge is 1.99. The highest BCUT2D eigenvalue weighted by Crippen LogP contribution is 2.01. The molecule has 5 nitrogen and oxygen atoms in total. The van der Waals surface area contributed by atoms with Crippen LogP contribution in [0.3, 0.4) is 0 Å². The summed E-state index contributed by atoms with van der Waals surface area (Å²) < 4.78 is 0. The summed E-state index contributed by atoms with van der Waals surface area (Å²) in [4.78, 5) is 24.2. The van der Waals surface area contributed by atoms with Crippen LogP contribution < -0.4 is 0 Å². The van der Waals surface area contributed by atoms with Gasteiger partial charge in [-0.2, -0.15) is 0 Å². The quantitative estimate of drug-likeness (QED) is 0.606. The van der Waals surface area contributed by atoms with Crippen molar-refractivity contribution in [1.82, 2.24) is 19.9 Å². The number of hydrogen-bond donors (Lipinski definition) is 1. The fourth-order valence-corrected chi connectivity index (χ4v) is 0.788. The monoisotopic (exact) mass is 147 g/mol. The van der Waals surface area contributed by atoms with E-state index in [-0.39, 0.29) is 5.82 Å². The molecule has 2 aromatic heterocycles. The van der Waals surface area contributed by atoms with E-state index in [1.54, 1.807) is 6.29 Å². The second-order valence-electron chi connectivity index (χ2n) is 1.93. The minimum absolute atomic E-state index is 0.0433. The fraction of sp³-hybridized carbons (Fsp3) is 0. The number of imidazole rings is 1. The Morgan fingerprint density at radius 3 is 3.18 bits per heavy atom. The molecule has 0 unspecified atom stereocenters. The van der Waals surface area contributed by atoms with E-state index < -0.39 is 0 Å². The number of H-pyrrole nitrogens is 1. The molecule has 0 aliphatic heterocycles. The second-order valence-corrected chi connectivity index (χ2v) is 1.93. The standard InChI is InChI=1S/C6H3N4O/c11-2-5-7-1-4-6(10-5)9-3-8-4/h1,3H,(H,7,8,9,10). The summed E-state index contributed by atoms with van der Waals surface area (Å²) in [5, 5.41) is 0. The lowest BCUT2D eigenvalue weighted by atomic mass is 10.5. The van der Waals surface area contributed by atoms with Gasteiger partial charge < -0.3 is 4.98 Å². The van der Waals surface area contributed by atoms with Crippen molar-refractivity contribution in [1.29, 1.82) is 0 Å². The van der Waals surface area contributed by atoms with Crippen LogP contribution in [-0.2, 0) is 4.79 Å². The molecular formula is C6H3N4O. The Morgan fingerprint density at radius 1 is 1.45 bits per heavy atom. The van der Waals surface area contributed by atoms with Crippen LogP contribution in [0.4, 0.5) is 0 Å². The van der Waals surface area contributed by atoms with Crippen LogP contribution in [0.2, 0.25) is 0 Å². The zero-order valence-corrected chi connectivity index (χ0v) is 5.40. The molecule has 0 saturated heterocycles. The molecule has 0 aliphatic rings. The molecule has 2 rings (SSSR count). The van der Waals surface area contributed by atoms with Gasteiger partial charge in [0.25, 0.3) is 6.29 Å². The third-order valence-electron chi connectivity index (χ3n) is 1.27. The highest BCUT2D eigenvalue weighted by atomic mass is 16.1. The van der Waals surface area contributed by atoms with Crippen LogP contribution in [0.1, 0.15) is 5.82 Å². The Hall–Kier alpha value is -1.78. The summed E-state index contributed by atoms with van der Waals surface area (Å²) in [5.74, 6) is 0.0433.